The van der Waals surface area contributed by atoms with Crippen LogP contribution in [0.15, 0.2) is 41.0 Å². The maximum absolute atomic E-state index is 5.69. The molecule has 18 heavy (non-hydrogen) atoms. The number of rotatable bonds is 1. The summed E-state index contributed by atoms with van der Waals surface area (Å²) in [6.45, 7) is 0. The highest BCUT2D eigenvalue weighted by atomic mass is 79.9. The van der Waals surface area contributed by atoms with Crippen molar-refractivity contribution < 1.29 is 0 Å². The summed E-state index contributed by atoms with van der Waals surface area (Å²) in [4.78, 5) is 8.98. The average Bonchev–Trinajstić information content (AvgIpc) is 2.67. The number of aromatic nitrogens is 3. The molecule has 0 radical (unpaired) electrons. The number of pyridine rings is 1. The second-order valence-corrected chi connectivity index (χ2v) is 5.03. The summed E-state index contributed by atoms with van der Waals surface area (Å²) >= 11 is 3.40. The van der Waals surface area contributed by atoms with Gasteiger partial charge in [0.2, 0.25) is 0 Å². The number of hydrogen-bond donors (Lipinski definition) is 1. The summed E-state index contributed by atoms with van der Waals surface area (Å²) in [5.41, 5.74) is 9.21. The summed E-state index contributed by atoms with van der Waals surface area (Å²) < 4.78 is 2.91. The molecule has 4 nitrogen and oxygen atoms in total. The predicted octanol–water partition coefficient (Wildman–Crippen LogP) is 2.98. The minimum absolute atomic E-state index is 0.749. The monoisotopic (exact) mass is 302 g/mol. The van der Waals surface area contributed by atoms with E-state index in [1.54, 1.807) is 6.20 Å². The summed E-state index contributed by atoms with van der Waals surface area (Å²) in [5, 5.41) is 0. The quantitative estimate of drug-likeness (QED) is 0.703. The standard InChI is InChI=1S/C13H11BrN4/c1-18-12(8-2-4-10(15)5-3-8)17-11-6-9(14)7-16-13(11)18/h2-7H,15H2,1H3. The average molecular weight is 303 g/mol. The highest BCUT2D eigenvalue weighted by Crippen LogP contribution is 2.24. The zero-order valence-corrected chi connectivity index (χ0v) is 11.3. The number of fused-ring (bicyclic) bond motifs is 1. The lowest BCUT2D eigenvalue weighted by molar-refractivity contribution is 0.942. The zero-order valence-electron chi connectivity index (χ0n) is 9.76. The third kappa shape index (κ3) is 1.76. The first-order valence-electron chi connectivity index (χ1n) is 5.49. The maximum atomic E-state index is 5.69. The molecule has 0 unspecified atom stereocenters. The lowest BCUT2D eigenvalue weighted by Crippen LogP contribution is -1.94. The van der Waals surface area contributed by atoms with E-state index in [9.17, 15) is 0 Å². The fraction of sp³-hybridized carbons (Fsp3) is 0.0769. The first-order valence-corrected chi connectivity index (χ1v) is 6.28. The van der Waals surface area contributed by atoms with Crippen molar-refractivity contribution in [3.05, 3.63) is 41.0 Å². The van der Waals surface area contributed by atoms with E-state index >= 15 is 0 Å². The molecule has 3 aromatic rings. The molecule has 2 aromatic heterocycles. The van der Waals surface area contributed by atoms with Crippen LogP contribution in [-0.2, 0) is 7.05 Å². The Morgan fingerprint density at radius 2 is 1.94 bits per heavy atom. The maximum Gasteiger partial charge on any atom is 0.160 e. The second kappa shape index (κ2) is 4.10. The van der Waals surface area contributed by atoms with Crippen molar-refractivity contribution in [3.63, 3.8) is 0 Å². The summed E-state index contributed by atoms with van der Waals surface area (Å²) in [6.07, 6.45) is 1.77. The summed E-state index contributed by atoms with van der Waals surface area (Å²) in [6, 6.07) is 9.64. The molecule has 0 atom stereocenters. The van der Waals surface area contributed by atoms with Crippen LogP contribution in [0.4, 0.5) is 5.69 Å². The number of nitrogen functional groups attached to an aromatic ring is 1. The van der Waals surface area contributed by atoms with Crippen LogP contribution in [0.3, 0.4) is 0 Å². The van der Waals surface area contributed by atoms with Gasteiger partial charge in [0, 0.05) is 29.0 Å². The predicted molar refractivity (Wildman–Crippen MR) is 76.1 cm³/mol. The number of imidazole rings is 1. The molecule has 0 aliphatic heterocycles. The molecule has 0 saturated carbocycles. The Balaban J connectivity index is 2.23. The van der Waals surface area contributed by atoms with Gasteiger partial charge >= 0.3 is 0 Å². The van der Waals surface area contributed by atoms with Crippen LogP contribution in [0, 0.1) is 0 Å². The van der Waals surface area contributed by atoms with Crippen molar-refractivity contribution >= 4 is 32.8 Å². The van der Waals surface area contributed by atoms with Crippen molar-refractivity contribution in [2.75, 3.05) is 5.73 Å². The molecule has 2 heterocycles. The number of anilines is 1. The fourth-order valence-corrected chi connectivity index (χ4v) is 2.26. The molecule has 5 heteroatoms. The second-order valence-electron chi connectivity index (χ2n) is 4.11. The Labute approximate surface area is 113 Å². The van der Waals surface area contributed by atoms with Gasteiger partial charge in [0.25, 0.3) is 0 Å². The molecule has 0 aliphatic carbocycles. The highest BCUT2D eigenvalue weighted by molar-refractivity contribution is 9.10. The molecule has 3 rings (SSSR count). The van der Waals surface area contributed by atoms with Crippen LogP contribution in [0.1, 0.15) is 0 Å². The van der Waals surface area contributed by atoms with Gasteiger partial charge in [0.05, 0.1) is 0 Å². The van der Waals surface area contributed by atoms with Crippen LogP contribution in [0.2, 0.25) is 0 Å². The molecular weight excluding hydrogens is 292 g/mol. The number of aryl methyl sites for hydroxylation is 1. The molecule has 0 saturated heterocycles. The minimum atomic E-state index is 0.749. The lowest BCUT2D eigenvalue weighted by atomic mass is 10.2. The minimum Gasteiger partial charge on any atom is -0.399 e. The molecule has 0 spiro atoms. The molecule has 0 amide bonds. The lowest BCUT2D eigenvalue weighted by Gasteiger charge is -2.02. The van der Waals surface area contributed by atoms with Crippen LogP contribution < -0.4 is 5.73 Å². The van der Waals surface area contributed by atoms with Gasteiger partial charge in [-0.05, 0) is 46.3 Å². The van der Waals surface area contributed by atoms with E-state index in [1.807, 2.05) is 41.9 Å². The smallest absolute Gasteiger partial charge is 0.160 e. The van der Waals surface area contributed by atoms with Gasteiger partial charge in [0.1, 0.15) is 11.3 Å². The van der Waals surface area contributed by atoms with Gasteiger partial charge in [-0.25, -0.2) is 9.97 Å². The van der Waals surface area contributed by atoms with Crippen LogP contribution >= 0.6 is 15.9 Å². The van der Waals surface area contributed by atoms with Gasteiger partial charge < -0.3 is 10.3 Å². The van der Waals surface area contributed by atoms with Crippen molar-refractivity contribution in [2.45, 2.75) is 0 Å². The Hall–Kier alpha value is -1.88. The van der Waals surface area contributed by atoms with E-state index in [1.165, 1.54) is 0 Å². The first kappa shape index (κ1) is 11.2. The Bertz CT molecular complexity index is 716. The van der Waals surface area contributed by atoms with Crippen molar-refractivity contribution in [1.29, 1.82) is 0 Å². The highest BCUT2D eigenvalue weighted by Gasteiger charge is 2.10. The van der Waals surface area contributed by atoms with Gasteiger partial charge in [-0.2, -0.15) is 0 Å². The number of benzene rings is 1. The molecule has 0 aliphatic rings. The first-order chi connectivity index (χ1) is 8.65. The van der Waals surface area contributed by atoms with E-state index in [-0.39, 0.29) is 0 Å². The number of nitrogens with two attached hydrogens (primary N) is 1. The number of hydrogen-bond acceptors (Lipinski definition) is 3. The van der Waals surface area contributed by atoms with Crippen LogP contribution in [0.25, 0.3) is 22.6 Å². The topological polar surface area (TPSA) is 56.7 Å². The van der Waals surface area contributed by atoms with Crippen molar-refractivity contribution in [1.82, 2.24) is 14.5 Å². The van der Waals surface area contributed by atoms with Gasteiger partial charge in [-0.1, -0.05) is 0 Å². The fourth-order valence-electron chi connectivity index (χ4n) is 1.94. The van der Waals surface area contributed by atoms with E-state index in [0.29, 0.717) is 0 Å². The van der Waals surface area contributed by atoms with E-state index in [0.717, 1.165) is 32.7 Å². The molecule has 0 bridgehead atoms. The van der Waals surface area contributed by atoms with Gasteiger partial charge in [0.15, 0.2) is 5.65 Å². The normalized spacial score (nSPS) is 11.0. The van der Waals surface area contributed by atoms with Gasteiger partial charge in [-0.3, -0.25) is 0 Å². The zero-order chi connectivity index (χ0) is 12.7. The van der Waals surface area contributed by atoms with Crippen molar-refractivity contribution in [3.8, 4) is 11.4 Å². The van der Waals surface area contributed by atoms with E-state index in [2.05, 4.69) is 25.9 Å². The molecule has 90 valence electrons. The third-order valence-corrected chi connectivity index (χ3v) is 3.28. The van der Waals surface area contributed by atoms with Gasteiger partial charge in [-0.15, -0.1) is 0 Å². The number of nitrogens with zero attached hydrogens (tertiary/aromatic N) is 3. The summed E-state index contributed by atoms with van der Waals surface area (Å²) in [7, 11) is 1.96. The number of halogens is 1. The van der Waals surface area contributed by atoms with Crippen LogP contribution in [-0.4, -0.2) is 14.5 Å². The molecule has 1 aromatic carbocycles. The Morgan fingerprint density at radius 1 is 1.22 bits per heavy atom. The molecular formula is C13H11BrN4. The summed E-state index contributed by atoms with van der Waals surface area (Å²) in [5.74, 6) is 0.885. The molecule has 2 N–H and O–H groups in total. The molecule has 0 fully saturated rings. The SMILES string of the molecule is Cn1c(-c2ccc(N)cc2)nc2cc(Br)cnc21. The van der Waals surface area contributed by atoms with Crippen LogP contribution in [0.5, 0.6) is 0 Å². The Kier molecular flexibility index (Phi) is 2.56. The van der Waals surface area contributed by atoms with Crippen molar-refractivity contribution in [2.24, 2.45) is 7.05 Å². The van der Waals surface area contributed by atoms with E-state index < -0.39 is 0 Å². The third-order valence-electron chi connectivity index (χ3n) is 2.84. The van der Waals surface area contributed by atoms with E-state index in [4.69, 9.17) is 5.73 Å². The largest absolute Gasteiger partial charge is 0.399 e. The Morgan fingerprint density at radius 3 is 2.67 bits per heavy atom.